The molecule has 0 aromatic heterocycles. The fourth-order valence-electron chi connectivity index (χ4n) is 3.89. The van der Waals surface area contributed by atoms with Gasteiger partial charge in [0.15, 0.2) is 0 Å². The van der Waals surface area contributed by atoms with Crippen LogP contribution < -0.4 is 20.3 Å². The minimum atomic E-state index is -2.24. The van der Waals surface area contributed by atoms with Crippen molar-refractivity contribution in [3.05, 3.63) is 89.5 Å². The highest BCUT2D eigenvalue weighted by atomic mass is 16.5. The van der Waals surface area contributed by atoms with E-state index >= 15 is 0 Å². The molecule has 7 heteroatoms. The predicted octanol–water partition coefficient (Wildman–Crippen LogP) is 3.77. The van der Waals surface area contributed by atoms with Gasteiger partial charge in [0.1, 0.15) is 5.75 Å². The average molecular weight is 431 g/mol. The van der Waals surface area contributed by atoms with Crippen molar-refractivity contribution in [2.45, 2.75) is 25.6 Å². The molecule has 0 saturated heterocycles. The van der Waals surface area contributed by atoms with E-state index < -0.39 is 17.7 Å². The summed E-state index contributed by atoms with van der Waals surface area (Å²) in [4.78, 5) is 27.6. The molecule has 4 rings (SSSR count). The highest BCUT2D eigenvalue weighted by Gasteiger charge is 2.51. The number of fused-ring (bicyclic) bond motifs is 1. The van der Waals surface area contributed by atoms with Gasteiger partial charge in [-0.15, -0.1) is 0 Å². The summed E-state index contributed by atoms with van der Waals surface area (Å²) in [5, 5.41) is 17.4. The van der Waals surface area contributed by atoms with Crippen molar-refractivity contribution in [3.63, 3.8) is 0 Å². The van der Waals surface area contributed by atoms with E-state index in [9.17, 15) is 14.7 Å². The molecule has 3 amide bonds. The van der Waals surface area contributed by atoms with Crippen LogP contribution in [0.15, 0.2) is 72.8 Å². The lowest BCUT2D eigenvalue weighted by Crippen LogP contribution is -2.62. The van der Waals surface area contributed by atoms with E-state index in [1.54, 1.807) is 49.6 Å². The molecule has 3 aromatic rings. The Hall–Kier alpha value is -3.84. The number of hydrogen-bond donors (Lipinski definition) is 3. The molecular formula is C25H25N3O4. The molecule has 0 aliphatic carbocycles. The van der Waals surface area contributed by atoms with Gasteiger partial charge in [0.25, 0.3) is 11.6 Å². The third-order valence-corrected chi connectivity index (χ3v) is 5.62. The van der Waals surface area contributed by atoms with Crippen molar-refractivity contribution >= 4 is 23.3 Å². The summed E-state index contributed by atoms with van der Waals surface area (Å²) >= 11 is 0. The SMILES string of the molecule is CCc1ccc(N2C(=O)Nc3ccccc3C2(O)C(=O)NCc2ccccc2OC)cc1. The topological polar surface area (TPSA) is 90.9 Å². The van der Waals surface area contributed by atoms with Crippen molar-refractivity contribution in [2.24, 2.45) is 0 Å². The number of carbonyl (C=O) groups is 2. The van der Waals surface area contributed by atoms with Gasteiger partial charge in [-0.2, -0.15) is 0 Å². The van der Waals surface area contributed by atoms with E-state index in [2.05, 4.69) is 10.6 Å². The number of methoxy groups -OCH3 is 1. The van der Waals surface area contributed by atoms with Gasteiger partial charge in [-0.25, -0.2) is 4.79 Å². The zero-order valence-electron chi connectivity index (χ0n) is 18.0. The zero-order chi connectivity index (χ0) is 22.7. The van der Waals surface area contributed by atoms with Gasteiger partial charge >= 0.3 is 6.03 Å². The van der Waals surface area contributed by atoms with Crippen LogP contribution in [0.1, 0.15) is 23.6 Å². The summed E-state index contributed by atoms with van der Waals surface area (Å²) in [6.07, 6.45) is 0.832. The maximum atomic E-state index is 13.5. The second kappa shape index (κ2) is 8.72. The first-order valence-electron chi connectivity index (χ1n) is 10.4. The number of urea groups is 1. The van der Waals surface area contributed by atoms with Crippen LogP contribution in [-0.2, 0) is 23.5 Å². The number of aryl methyl sites for hydroxylation is 1. The number of ether oxygens (including phenoxy) is 1. The highest BCUT2D eigenvalue weighted by molar-refractivity contribution is 6.11. The standard InChI is InChI=1S/C25H25N3O4/c1-3-17-12-14-19(15-13-17)28-24(30)27-21-10-6-5-9-20(21)25(28,31)23(29)26-16-18-8-4-7-11-22(18)32-2/h4-15,31H,3,16H2,1-2H3,(H,26,29)(H,27,30). The number of nitrogens with one attached hydrogen (secondary N) is 2. The van der Waals surface area contributed by atoms with E-state index in [0.717, 1.165) is 22.4 Å². The number of para-hydroxylation sites is 2. The summed E-state index contributed by atoms with van der Waals surface area (Å²) in [6.45, 7) is 2.15. The van der Waals surface area contributed by atoms with Gasteiger partial charge in [0.05, 0.1) is 12.8 Å². The molecule has 0 saturated carbocycles. The molecule has 3 aromatic carbocycles. The first kappa shape index (κ1) is 21.4. The van der Waals surface area contributed by atoms with Crippen LogP contribution in [0.2, 0.25) is 0 Å². The van der Waals surface area contributed by atoms with Crippen LogP contribution in [-0.4, -0.2) is 24.2 Å². The van der Waals surface area contributed by atoms with Crippen LogP contribution in [0.3, 0.4) is 0 Å². The monoisotopic (exact) mass is 431 g/mol. The van der Waals surface area contributed by atoms with Gasteiger partial charge in [-0.05, 0) is 36.2 Å². The summed E-state index contributed by atoms with van der Waals surface area (Å²) in [5.74, 6) is -0.0983. The summed E-state index contributed by atoms with van der Waals surface area (Å²) in [7, 11) is 1.55. The van der Waals surface area contributed by atoms with Crippen LogP contribution in [0.25, 0.3) is 0 Å². The molecular weight excluding hydrogens is 406 g/mol. The van der Waals surface area contributed by atoms with Gasteiger partial charge in [0, 0.05) is 23.4 Å². The van der Waals surface area contributed by atoms with Crippen molar-refractivity contribution in [2.75, 3.05) is 17.3 Å². The second-order valence-electron chi connectivity index (χ2n) is 7.50. The molecule has 0 bridgehead atoms. The number of aliphatic hydroxyl groups is 1. The third kappa shape index (κ3) is 3.67. The number of carbonyl (C=O) groups excluding carboxylic acids is 2. The molecule has 0 radical (unpaired) electrons. The maximum Gasteiger partial charge on any atom is 0.329 e. The summed E-state index contributed by atoms with van der Waals surface area (Å²) < 4.78 is 5.35. The number of benzene rings is 3. The molecule has 0 spiro atoms. The number of anilines is 2. The average Bonchev–Trinajstić information content (AvgIpc) is 2.83. The third-order valence-electron chi connectivity index (χ3n) is 5.62. The molecule has 164 valence electrons. The van der Waals surface area contributed by atoms with E-state index in [0.29, 0.717) is 17.1 Å². The molecule has 1 aliphatic heterocycles. The van der Waals surface area contributed by atoms with E-state index in [1.165, 1.54) is 0 Å². The first-order valence-corrected chi connectivity index (χ1v) is 10.4. The Balaban J connectivity index is 1.74. The second-order valence-corrected chi connectivity index (χ2v) is 7.50. The van der Waals surface area contributed by atoms with Crippen molar-refractivity contribution in [1.82, 2.24) is 5.32 Å². The van der Waals surface area contributed by atoms with Gasteiger partial charge in [-0.1, -0.05) is 55.5 Å². The number of nitrogens with zero attached hydrogens (tertiary/aromatic N) is 1. The molecule has 32 heavy (non-hydrogen) atoms. The van der Waals surface area contributed by atoms with Gasteiger partial charge in [-0.3, -0.25) is 9.69 Å². The Labute approximate surface area is 186 Å². The first-order chi connectivity index (χ1) is 15.5. The molecule has 3 N–H and O–H groups in total. The quantitative estimate of drug-likeness (QED) is 0.554. The van der Waals surface area contributed by atoms with E-state index in [1.807, 2.05) is 37.3 Å². The van der Waals surface area contributed by atoms with Crippen LogP contribution >= 0.6 is 0 Å². The largest absolute Gasteiger partial charge is 0.496 e. The molecule has 1 unspecified atom stereocenters. The minimum absolute atomic E-state index is 0.123. The fraction of sp³-hybridized carbons (Fsp3) is 0.200. The molecule has 1 aliphatic rings. The Morgan fingerprint density at radius 2 is 1.75 bits per heavy atom. The Bertz CT molecular complexity index is 1150. The molecule has 1 heterocycles. The summed E-state index contributed by atoms with van der Waals surface area (Å²) in [6, 6.07) is 20.6. The number of amides is 3. The Morgan fingerprint density at radius 3 is 2.47 bits per heavy atom. The number of rotatable bonds is 6. The maximum absolute atomic E-state index is 13.5. The van der Waals surface area contributed by atoms with Crippen molar-refractivity contribution in [3.8, 4) is 5.75 Å². The lowest BCUT2D eigenvalue weighted by Gasteiger charge is -2.42. The Kier molecular flexibility index (Phi) is 5.83. The Morgan fingerprint density at radius 1 is 1.06 bits per heavy atom. The zero-order valence-corrected chi connectivity index (χ0v) is 18.0. The predicted molar refractivity (Wildman–Crippen MR) is 122 cm³/mol. The minimum Gasteiger partial charge on any atom is -0.496 e. The van der Waals surface area contributed by atoms with Gasteiger partial charge in [0.2, 0.25) is 0 Å². The molecule has 7 nitrogen and oxygen atoms in total. The van der Waals surface area contributed by atoms with Crippen molar-refractivity contribution in [1.29, 1.82) is 0 Å². The molecule has 1 atom stereocenters. The fourth-order valence-corrected chi connectivity index (χ4v) is 3.89. The lowest BCUT2D eigenvalue weighted by molar-refractivity contribution is -0.140. The van der Waals surface area contributed by atoms with Crippen LogP contribution in [0, 0.1) is 0 Å². The smallest absolute Gasteiger partial charge is 0.329 e. The van der Waals surface area contributed by atoms with Crippen LogP contribution in [0.5, 0.6) is 5.75 Å². The molecule has 0 fully saturated rings. The van der Waals surface area contributed by atoms with Gasteiger partial charge < -0.3 is 20.5 Å². The van der Waals surface area contributed by atoms with Crippen molar-refractivity contribution < 1.29 is 19.4 Å². The van der Waals surface area contributed by atoms with E-state index in [-0.39, 0.29) is 12.1 Å². The highest BCUT2D eigenvalue weighted by Crippen LogP contribution is 2.39. The van der Waals surface area contributed by atoms with E-state index in [4.69, 9.17) is 4.74 Å². The number of hydrogen-bond acceptors (Lipinski definition) is 4. The normalized spacial score (nSPS) is 17.3. The lowest BCUT2D eigenvalue weighted by atomic mass is 9.94. The van der Waals surface area contributed by atoms with Crippen LogP contribution in [0.4, 0.5) is 16.2 Å². The summed E-state index contributed by atoms with van der Waals surface area (Å²) in [5.41, 5.74) is 0.666.